The molecule has 0 saturated carbocycles. The minimum Gasteiger partial charge on any atom is -0.466 e. The highest BCUT2D eigenvalue weighted by Crippen LogP contribution is 2.20. The lowest BCUT2D eigenvalue weighted by Crippen LogP contribution is -2.44. The van der Waals surface area contributed by atoms with Crippen LogP contribution in [0.1, 0.15) is 51.8 Å². The van der Waals surface area contributed by atoms with E-state index >= 15 is 0 Å². The van der Waals surface area contributed by atoms with Gasteiger partial charge in [0.25, 0.3) is 0 Å². The highest BCUT2D eigenvalue weighted by molar-refractivity contribution is 5.82. The fraction of sp³-hybridized carbons (Fsp3) is 0.500. The minimum absolute atomic E-state index is 0.0814. The third-order valence-corrected chi connectivity index (χ3v) is 5.27. The van der Waals surface area contributed by atoms with E-state index in [1.165, 1.54) is 22.6 Å². The summed E-state index contributed by atoms with van der Waals surface area (Å²) in [5.74, 6) is -0.0270. The van der Waals surface area contributed by atoms with Crippen LogP contribution in [-0.4, -0.2) is 66.2 Å². The van der Waals surface area contributed by atoms with Crippen molar-refractivity contribution in [2.24, 2.45) is 0 Å². The predicted octanol–water partition coefficient (Wildman–Crippen LogP) is 4.11. The second-order valence-electron chi connectivity index (χ2n) is 9.69. The zero-order chi connectivity index (χ0) is 28.0. The number of amides is 2. The molecule has 0 atom stereocenters. The van der Waals surface area contributed by atoms with Gasteiger partial charge in [0.2, 0.25) is 5.91 Å². The lowest BCUT2D eigenvalue weighted by molar-refractivity contribution is -0.143. The number of halogens is 1. The first-order valence-corrected chi connectivity index (χ1v) is 12.9. The van der Waals surface area contributed by atoms with Gasteiger partial charge in [-0.2, -0.15) is 0 Å². The summed E-state index contributed by atoms with van der Waals surface area (Å²) in [6, 6.07) is 12.0. The number of rotatable bonds is 9. The molecule has 9 nitrogen and oxygen atoms in total. The van der Waals surface area contributed by atoms with Crippen molar-refractivity contribution in [3.63, 3.8) is 0 Å². The Morgan fingerprint density at radius 3 is 2.50 bits per heavy atom. The molecule has 1 aliphatic rings. The van der Waals surface area contributed by atoms with Gasteiger partial charge in [0, 0.05) is 31.7 Å². The van der Waals surface area contributed by atoms with Crippen LogP contribution >= 0.6 is 0 Å². The van der Waals surface area contributed by atoms with Gasteiger partial charge in [-0.1, -0.05) is 24.3 Å². The lowest BCUT2D eigenvalue weighted by Gasteiger charge is -2.27. The summed E-state index contributed by atoms with van der Waals surface area (Å²) in [5.41, 5.74) is 1.35. The average molecular weight is 531 g/mol. The number of esters is 1. The molecule has 2 heterocycles. The number of nitrogens with one attached hydrogen (secondary N) is 2. The summed E-state index contributed by atoms with van der Waals surface area (Å²) in [6.45, 7) is 8.52. The highest BCUT2D eigenvalue weighted by Gasteiger charge is 2.24. The van der Waals surface area contributed by atoms with Crippen LogP contribution < -0.4 is 10.6 Å². The number of hydrogen-bond acceptors (Lipinski definition) is 7. The smallest absolute Gasteiger partial charge is 0.410 e. The quantitative estimate of drug-likeness (QED) is 0.470. The SMILES string of the molecule is CCOC(=O)CCNC(=O)CN(CCc1ccc2c(n1)NCCC2)C(=O)OC(C)(C)C.Fc1ccccc1. The zero-order valence-corrected chi connectivity index (χ0v) is 22.7. The standard InChI is InChI=1S/C22H34N4O5.C6H5F/c1-5-30-19(28)10-13-23-18(27)15-26(21(29)31-22(2,3)4)14-11-17-9-8-16-7-6-12-24-20(16)25-17;7-6-4-2-1-3-5-6/h8-9H,5-7,10-15H2,1-4H3,(H,23,27)(H,24,25);1-5H. The molecule has 0 bridgehead atoms. The van der Waals surface area contributed by atoms with Gasteiger partial charge >= 0.3 is 12.1 Å². The molecule has 0 spiro atoms. The summed E-state index contributed by atoms with van der Waals surface area (Å²) in [5, 5.41) is 5.94. The largest absolute Gasteiger partial charge is 0.466 e. The van der Waals surface area contributed by atoms with E-state index in [0.717, 1.165) is 30.9 Å². The normalized spacial score (nSPS) is 12.1. The fourth-order valence-electron chi connectivity index (χ4n) is 3.50. The number of aryl methyl sites for hydroxylation is 1. The number of anilines is 1. The lowest BCUT2D eigenvalue weighted by atomic mass is 10.1. The maximum atomic E-state index is 12.6. The summed E-state index contributed by atoms with van der Waals surface area (Å²) in [4.78, 5) is 42.4. The molecule has 0 saturated heterocycles. The van der Waals surface area contributed by atoms with E-state index in [0.29, 0.717) is 13.0 Å². The maximum absolute atomic E-state index is 12.6. The minimum atomic E-state index is -0.677. The number of benzene rings is 1. The Balaban J connectivity index is 0.000000624. The molecule has 0 unspecified atom stereocenters. The van der Waals surface area contributed by atoms with E-state index in [4.69, 9.17) is 9.47 Å². The van der Waals surface area contributed by atoms with E-state index in [2.05, 4.69) is 21.7 Å². The third kappa shape index (κ3) is 12.0. The Bertz CT molecular complexity index is 1040. The first-order valence-electron chi connectivity index (χ1n) is 12.9. The van der Waals surface area contributed by atoms with Crippen molar-refractivity contribution in [2.75, 3.05) is 38.1 Å². The molecule has 2 aromatic rings. The molecule has 38 heavy (non-hydrogen) atoms. The molecule has 1 aromatic carbocycles. The van der Waals surface area contributed by atoms with Crippen molar-refractivity contribution < 1.29 is 28.2 Å². The maximum Gasteiger partial charge on any atom is 0.410 e. The van der Waals surface area contributed by atoms with Gasteiger partial charge in [-0.3, -0.25) is 14.5 Å². The fourth-order valence-corrected chi connectivity index (χ4v) is 3.50. The van der Waals surface area contributed by atoms with E-state index in [-0.39, 0.29) is 43.7 Å². The summed E-state index contributed by atoms with van der Waals surface area (Å²) < 4.78 is 22.2. The Kier molecular flexibility index (Phi) is 12.5. The number of ether oxygens (including phenoxy) is 2. The van der Waals surface area contributed by atoms with Crippen molar-refractivity contribution >= 4 is 23.8 Å². The van der Waals surface area contributed by atoms with Crippen LogP contribution in [0.25, 0.3) is 0 Å². The second kappa shape index (κ2) is 15.5. The van der Waals surface area contributed by atoms with Gasteiger partial charge < -0.3 is 20.1 Å². The molecule has 2 N–H and O–H groups in total. The van der Waals surface area contributed by atoms with Gasteiger partial charge in [-0.05, 0) is 64.3 Å². The van der Waals surface area contributed by atoms with Gasteiger partial charge in [0.1, 0.15) is 23.8 Å². The Morgan fingerprint density at radius 2 is 1.87 bits per heavy atom. The Labute approximate surface area is 224 Å². The van der Waals surface area contributed by atoms with E-state index < -0.39 is 11.7 Å². The molecule has 2 amide bonds. The predicted molar refractivity (Wildman–Crippen MR) is 143 cm³/mol. The van der Waals surface area contributed by atoms with Crippen molar-refractivity contribution in [3.05, 3.63) is 59.5 Å². The number of pyridine rings is 1. The molecular formula is C28H39FN4O5. The van der Waals surface area contributed by atoms with E-state index in [9.17, 15) is 18.8 Å². The van der Waals surface area contributed by atoms with Crippen LogP contribution in [-0.2, 0) is 31.9 Å². The molecule has 10 heteroatoms. The molecular weight excluding hydrogens is 491 g/mol. The molecule has 0 radical (unpaired) electrons. The van der Waals surface area contributed by atoms with Crippen LogP contribution in [0.15, 0.2) is 42.5 Å². The number of fused-ring (bicyclic) bond motifs is 1. The van der Waals surface area contributed by atoms with Crippen molar-refractivity contribution in [1.82, 2.24) is 15.2 Å². The summed E-state index contributed by atoms with van der Waals surface area (Å²) in [7, 11) is 0. The number of carbonyl (C=O) groups excluding carboxylic acids is 3. The van der Waals surface area contributed by atoms with E-state index in [1.54, 1.807) is 45.9 Å². The number of aromatic nitrogens is 1. The van der Waals surface area contributed by atoms with Crippen molar-refractivity contribution in [2.45, 2.75) is 59.0 Å². The van der Waals surface area contributed by atoms with Crippen molar-refractivity contribution in [3.8, 4) is 0 Å². The van der Waals surface area contributed by atoms with Gasteiger partial charge in [0.05, 0.1) is 13.0 Å². The Hall–Kier alpha value is -3.69. The Morgan fingerprint density at radius 1 is 1.13 bits per heavy atom. The number of hydrogen-bond donors (Lipinski definition) is 2. The van der Waals surface area contributed by atoms with Crippen LogP contribution in [0.2, 0.25) is 0 Å². The van der Waals surface area contributed by atoms with Crippen LogP contribution in [0.3, 0.4) is 0 Å². The highest BCUT2D eigenvalue weighted by atomic mass is 19.1. The number of nitrogens with zero attached hydrogens (tertiary/aromatic N) is 2. The topological polar surface area (TPSA) is 110 Å². The first-order chi connectivity index (χ1) is 18.1. The molecule has 0 fully saturated rings. The average Bonchev–Trinajstić information content (AvgIpc) is 2.86. The molecule has 0 aliphatic carbocycles. The van der Waals surface area contributed by atoms with Crippen LogP contribution in [0, 0.1) is 5.82 Å². The van der Waals surface area contributed by atoms with E-state index in [1.807, 2.05) is 6.07 Å². The van der Waals surface area contributed by atoms with Gasteiger partial charge in [-0.25, -0.2) is 14.2 Å². The van der Waals surface area contributed by atoms with Crippen LogP contribution in [0.5, 0.6) is 0 Å². The van der Waals surface area contributed by atoms with Gasteiger partial charge in [-0.15, -0.1) is 0 Å². The van der Waals surface area contributed by atoms with Crippen molar-refractivity contribution in [1.29, 1.82) is 0 Å². The summed E-state index contributed by atoms with van der Waals surface area (Å²) >= 11 is 0. The zero-order valence-electron chi connectivity index (χ0n) is 22.7. The van der Waals surface area contributed by atoms with Crippen LogP contribution in [0.4, 0.5) is 15.0 Å². The molecule has 1 aliphatic heterocycles. The third-order valence-electron chi connectivity index (χ3n) is 5.27. The monoisotopic (exact) mass is 530 g/mol. The molecule has 3 rings (SSSR count). The molecule has 208 valence electrons. The number of carbonyl (C=O) groups is 3. The second-order valence-corrected chi connectivity index (χ2v) is 9.69. The molecule has 1 aromatic heterocycles. The summed E-state index contributed by atoms with van der Waals surface area (Å²) in [6.07, 6.45) is 2.10. The van der Waals surface area contributed by atoms with Gasteiger partial charge in [0.15, 0.2) is 0 Å². The first kappa shape index (κ1) is 30.5.